The molecular weight excluding hydrogens is 288 g/mol. The minimum atomic E-state index is 0.150. The summed E-state index contributed by atoms with van der Waals surface area (Å²) in [5, 5.41) is 3.12. The Morgan fingerprint density at radius 1 is 0.870 bits per heavy atom. The van der Waals surface area contributed by atoms with Gasteiger partial charge in [0, 0.05) is 16.9 Å². The van der Waals surface area contributed by atoms with Crippen LogP contribution in [0.4, 0.5) is 23.3 Å². The van der Waals surface area contributed by atoms with Crippen molar-refractivity contribution in [3.8, 4) is 11.4 Å². The normalized spacial score (nSPS) is 10.3. The van der Waals surface area contributed by atoms with Gasteiger partial charge in [-0.1, -0.05) is 24.8 Å². The van der Waals surface area contributed by atoms with Gasteiger partial charge in [0.1, 0.15) is 0 Å². The van der Waals surface area contributed by atoms with E-state index in [0.29, 0.717) is 17.5 Å². The van der Waals surface area contributed by atoms with Crippen molar-refractivity contribution in [3.63, 3.8) is 0 Å². The number of benzene rings is 2. The van der Waals surface area contributed by atoms with Crippen molar-refractivity contribution in [2.75, 3.05) is 16.8 Å². The van der Waals surface area contributed by atoms with Crippen LogP contribution in [0, 0.1) is 0 Å². The van der Waals surface area contributed by atoms with Crippen molar-refractivity contribution >= 4 is 29.3 Å². The third-order valence-corrected chi connectivity index (χ3v) is 3.22. The van der Waals surface area contributed by atoms with Gasteiger partial charge in [-0.3, -0.25) is 0 Å². The molecule has 0 unspecified atom stereocenters. The van der Waals surface area contributed by atoms with Gasteiger partial charge >= 0.3 is 0 Å². The van der Waals surface area contributed by atoms with E-state index in [0.717, 1.165) is 16.8 Å². The highest BCUT2D eigenvalue weighted by molar-refractivity contribution is 5.63. The molecule has 114 valence electrons. The average Bonchev–Trinajstić information content (AvgIpc) is 2.56. The maximum Gasteiger partial charge on any atom is 0.232 e. The summed E-state index contributed by atoms with van der Waals surface area (Å²) in [6.45, 7) is 3.73. The average molecular weight is 304 g/mol. The van der Waals surface area contributed by atoms with Crippen molar-refractivity contribution in [2.24, 2.45) is 0 Å². The third kappa shape index (κ3) is 3.44. The Morgan fingerprint density at radius 2 is 1.57 bits per heavy atom. The van der Waals surface area contributed by atoms with Crippen LogP contribution in [0.2, 0.25) is 0 Å². The zero-order valence-corrected chi connectivity index (χ0v) is 12.4. The van der Waals surface area contributed by atoms with Gasteiger partial charge in [0.15, 0.2) is 5.82 Å². The van der Waals surface area contributed by atoms with E-state index in [1.165, 1.54) is 0 Å². The molecule has 0 saturated carbocycles. The maximum atomic E-state index is 5.79. The Balaban J connectivity index is 1.90. The summed E-state index contributed by atoms with van der Waals surface area (Å²) in [6, 6.07) is 15.0. The van der Waals surface area contributed by atoms with Crippen LogP contribution in [0.1, 0.15) is 5.56 Å². The number of nitrogens with one attached hydrogen (secondary N) is 1. The zero-order chi connectivity index (χ0) is 16.2. The monoisotopic (exact) mass is 304 g/mol. The van der Waals surface area contributed by atoms with E-state index < -0.39 is 0 Å². The first-order valence-electron chi connectivity index (χ1n) is 7.01. The lowest BCUT2D eigenvalue weighted by molar-refractivity contribution is 1.08. The Morgan fingerprint density at radius 3 is 2.22 bits per heavy atom. The van der Waals surface area contributed by atoms with Crippen molar-refractivity contribution in [3.05, 3.63) is 60.7 Å². The summed E-state index contributed by atoms with van der Waals surface area (Å²) in [6.07, 6.45) is 1.78. The molecule has 1 heterocycles. The quantitative estimate of drug-likeness (QED) is 0.640. The molecule has 1 aromatic heterocycles. The van der Waals surface area contributed by atoms with Crippen molar-refractivity contribution < 1.29 is 0 Å². The van der Waals surface area contributed by atoms with Crippen molar-refractivity contribution in [1.82, 2.24) is 15.0 Å². The molecule has 3 rings (SSSR count). The summed E-state index contributed by atoms with van der Waals surface area (Å²) >= 11 is 0. The van der Waals surface area contributed by atoms with Crippen LogP contribution >= 0.6 is 0 Å². The van der Waals surface area contributed by atoms with Gasteiger partial charge in [-0.2, -0.15) is 15.0 Å². The minimum absolute atomic E-state index is 0.150. The van der Waals surface area contributed by atoms with Crippen LogP contribution in [0.15, 0.2) is 55.1 Å². The standard InChI is InChI=1S/C17H16N6/c1-2-11-3-9-14(10-4-11)20-17-22-15(21-16(19)23-17)12-5-7-13(18)8-6-12/h2-10H,1,18H2,(H3,19,20,21,22,23). The van der Waals surface area contributed by atoms with Gasteiger partial charge in [0.2, 0.25) is 11.9 Å². The topological polar surface area (TPSA) is 103 Å². The third-order valence-electron chi connectivity index (χ3n) is 3.22. The van der Waals surface area contributed by atoms with Gasteiger partial charge in [-0.25, -0.2) is 0 Å². The van der Waals surface area contributed by atoms with E-state index >= 15 is 0 Å². The van der Waals surface area contributed by atoms with Crippen LogP contribution in [0.25, 0.3) is 17.5 Å². The second kappa shape index (κ2) is 6.15. The van der Waals surface area contributed by atoms with E-state index in [9.17, 15) is 0 Å². The fraction of sp³-hybridized carbons (Fsp3) is 0. The largest absolute Gasteiger partial charge is 0.399 e. The number of hydrogen-bond acceptors (Lipinski definition) is 6. The number of nitrogen functional groups attached to an aromatic ring is 2. The molecule has 0 fully saturated rings. The molecule has 0 spiro atoms. The molecule has 0 atom stereocenters. The lowest BCUT2D eigenvalue weighted by Gasteiger charge is -2.08. The van der Waals surface area contributed by atoms with Gasteiger partial charge in [0.25, 0.3) is 0 Å². The van der Waals surface area contributed by atoms with E-state index in [1.54, 1.807) is 18.2 Å². The predicted molar refractivity (Wildman–Crippen MR) is 93.9 cm³/mol. The summed E-state index contributed by atoms with van der Waals surface area (Å²) in [7, 11) is 0. The Hall–Kier alpha value is -3.41. The van der Waals surface area contributed by atoms with Gasteiger partial charge in [-0.05, 0) is 42.0 Å². The first kappa shape index (κ1) is 14.5. The second-order valence-corrected chi connectivity index (χ2v) is 4.91. The molecule has 0 radical (unpaired) electrons. The Labute approximate surface area is 133 Å². The Bertz CT molecular complexity index is 825. The molecule has 5 N–H and O–H groups in total. The molecular formula is C17H16N6. The molecule has 0 aliphatic heterocycles. The maximum absolute atomic E-state index is 5.79. The number of hydrogen-bond donors (Lipinski definition) is 3. The first-order valence-corrected chi connectivity index (χ1v) is 7.01. The van der Waals surface area contributed by atoms with Crippen LogP contribution in [-0.2, 0) is 0 Å². The molecule has 6 heteroatoms. The van der Waals surface area contributed by atoms with Gasteiger partial charge in [-0.15, -0.1) is 0 Å². The summed E-state index contributed by atoms with van der Waals surface area (Å²) in [5.74, 6) is 1.02. The minimum Gasteiger partial charge on any atom is -0.399 e. The number of nitrogens with zero attached hydrogens (tertiary/aromatic N) is 3. The molecule has 0 amide bonds. The molecule has 0 saturated heterocycles. The summed E-state index contributed by atoms with van der Waals surface area (Å²) < 4.78 is 0. The number of anilines is 4. The second-order valence-electron chi connectivity index (χ2n) is 4.91. The van der Waals surface area contributed by atoms with E-state index in [-0.39, 0.29) is 5.95 Å². The molecule has 6 nitrogen and oxygen atoms in total. The van der Waals surface area contributed by atoms with Crippen molar-refractivity contribution in [1.29, 1.82) is 0 Å². The summed E-state index contributed by atoms with van der Waals surface area (Å²) in [4.78, 5) is 12.7. The number of rotatable bonds is 4. The molecule has 0 bridgehead atoms. The van der Waals surface area contributed by atoms with Crippen LogP contribution in [0.5, 0.6) is 0 Å². The fourth-order valence-electron chi connectivity index (χ4n) is 2.04. The van der Waals surface area contributed by atoms with E-state index in [2.05, 4.69) is 26.8 Å². The molecule has 23 heavy (non-hydrogen) atoms. The lowest BCUT2D eigenvalue weighted by atomic mass is 10.2. The summed E-state index contributed by atoms with van der Waals surface area (Å²) in [5.41, 5.74) is 14.9. The number of nitrogens with two attached hydrogens (primary N) is 2. The molecule has 3 aromatic rings. The van der Waals surface area contributed by atoms with E-state index in [4.69, 9.17) is 11.5 Å². The Kier molecular flexibility index (Phi) is 3.88. The van der Waals surface area contributed by atoms with Crippen LogP contribution < -0.4 is 16.8 Å². The highest BCUT2D eigenvalue weighted by Gasteiger charge is 2.07. The highest BCUT2D eigenvalue weighted by Crippen LogP contribution is 2.20. The van der Waals surface area contributed by atoms with Crippen molar-refractivity contribution in [2.45, 2.75) is 0 Å². The molecule has 0 aliphatic rings. The lowest BCUT2D eigenvalue weighted by Crippen LogP contribution is -2.05. The number of aromatic nitrogens is 3. The zero-order valence-electron chi connectivity index (χ0n) is 12.4. The fourth-order valence-corrected chi connectivity index (χ4v) is 2.04. The molecule has 0 aliphatic carbocycles. The van der Waals surface area contributed by atoms with Crippen LogP contribution in [-0.4, -0.2) is 15.0 Å². The predicted octanol–water partition coefficient (Wildman–Crippen LogP) is 3.09. The van der Waals surface area contributed by atoms with Gasteiger partial charge < -0.3 is 16.8 Å². The van der Waals surface area contributed by atoms with Crippen LogP contribution in [0.3, 0.4) is 0 Å². The van der Waals surface area contributed by atoms with Gasteiger partial charge in [0.05, 0.1) is 0 Å². The highest BCUT2D eigenvalue weighted by atomic mass is 15.2. The van der Waals surface area contributed by atoms with E-state index in [1.807, 2.05) is 36.4 Å². The smallest absolute Gasteiger partial charge is 0.232 e. The first-order chi connectivity index (χ1) is 11.1. The molecule has 2 aromatic carbocycles. The SMILES string of the molecule is C=Cc1ccc(Nc2nc(N)nc(-c3ccc(N)cc3)n2)cc1.